The van der Waals surface area contributed by atoms with Crippen molar-refractivity contribution in [1.29, 1.82) is 0 Å². The fraction of sp³-hybridized carbons (Fsp3) is 0.364. The molecule has 0 saturated carbocycles. The molecule has 2 heterocycles. The Kier molecular flexibility index (Phi) is 4.53. The van der Waals surface area contributed by atoms with Crippen LogP contribution in [0, 0.1) is 10.1 Å². The molecule has 0 aromatic carbocycles. The SMILES string of the molecule is Cn1cc(CNC(=O)CCn2cc(Cl)c([N+](=O)[O-])n2)cn1. The van der Waals surface area contributed by atoms with Crippen molar-refractivity contribution in [2.24, 2.45) is 7.05 Å². The predicted octanol–water partition coefficient (Wildman–Crippen LogP) is 0.885. The van der Waals surface area contributed by atoms with E-state index >= 15 is 0 Å². The second kappa shape index (κ2) is 6.35. The van der Waals surface area contributed by atoms with E-state index in [4.69, 9.17) is 11.6 Å². The number of nitrogens with one attached hydrogen (secondary N) is 1. The smallest absolute Gasteiger partial charge is 0.358 e. The van der Waals surface area contributed by atoms with E-state index in [1.165, 1.54) is 10.9 Å². The Hall–Kier alpha value is -2.42. The number of halogens is 1. The summed E-state index contributed by atoms with van der Waals surface area (Å²) in [6.45, 7) is 0.596. The van der Waals surface area contributed by atoms with Crippen LogP contribution in [0.15, 0.2) is 18.6 Å². The second-order valence-electron chi connectivity index (χ2n) is 4.37. The molecule has 0 saturated heterocycles. The molecule has 2 aromatic rings. The summed E-state index contributed by atoms with van der Waals surface area (Å²) >= 11 is 5.66. The average Bonchev–Trinajstić information content (AvgIpc) is 3.00. The van der Waals surface area contributed by atoms with Crippen LogP contribution < -0.4 is 5.32 Å². The Morgan fingerprint density at radius 2 is 2.29 bits per heavy atom. The third kappa shape index (κ3) is 4.02. The van der Waals surface area contributed by atoms with Gasteiger partial charge in [0.05, 0.1) is 24.0 Å². The summed E-state index contributed by atoms with van der Waals surface area (Å²) in [4.78, 5) is 21.6. The molecule has 0 spiro atoms. The van der Waals surface area contributed by atoms with Gasteiger partial charge in [0, 0.05) is 31.8 Å². The van der Waals surface area contributed by atoms with Crippen LogP contribution in [0.5, 0.6) is 0 Å². The first kappa shape index (κ1) is 15.0. The van der Waals surface area contributed by atoms with Gasteiger partial charge in [-0.1, -0.05) is 11.6 Å². The fourth-order valence-corrected chi connectivity index (χ4v) is 1.91. The molecule has 112 valence electrons. The number of carbonyl (C=O) groups excluding carboxylic acids is 1. The van der Waals surface area contributed by atoms with Gasteiger partial charge in [-0.25, -0.2) is 0 Å². The monoisotopic (exact) mass is 312 g/mol. The molecule has 0 fully saturated rings. The van der Waals surface area contributed by atoms with Gasteiger partial charge in [-0.15, -0.1) is 0 Å². The third-order valence-corrected chi connectivity index (χ3v) is 2.95. The molecule has 0 bridgehead atoms. The molecule has 2 aromatic heterocycles. The number of hydrogen-bond acceptors (Lipinski definition) is 5. The van der Waals surface area contributed by atoms with E-state index in [-0.39, 0.29) is 23.9 Å². The Morgan fingerprint density at radius 1 is 1.52 bits per heavy atom. The highest BCUT2D eigenvalue weighted by atomic mass is 35.5. The van der Waals surface area contributed by atoms with Gasteiger partial charge >= 0.3 is 5.82 Å². The van der Waals surface area contributed by atoms with E-state index in [0.29, 0.717) is 6.54 Å². The van der Waals surface area contributed by atoms with Crippen molar-refractivity contribution in [1.82, 2.24) is 24.9 Å². The van der Waals surface area contributed by atoms with Crippen LogP contribution >= 0.6 is 11.6 Å². The molecule has 0 aliphatic heterocycles. The van der Waals surface area contributed by atoms with Crippen molar-refractivity contribution in [2.75, 3.05) is 0 Å². The number of aryl methyl sites for hydroxylation is 2. The predicted molar refractivity (Wildman–Crippen MR) is 73.6 cm³/mol. The Morgan fingerprint density at radius 3 is 2.86 bits per heavy atom. The average molecular weight is 313 g/mol. The summed E-state index contributed by atoms with van der Waals surface area (Å²) < 4.78 is 2.93. The first-order valence-electron chi connectivity index (χ1n) is 6.07. The molecule has 2 rings (SSSR count). The molecule has 0 aliphatic rings. The third-order valence-electron chi connectivity index (χ3n) is 2.69. The van der Waals surface area contributed by atoms with E-state index < -0.39 is 10.7 Å². The van der Waals surface area contributed by atoms with Gasteiger partial charge in [0.2, 0.25) is 5.91 Å². The van der Waals surface area contributed by atoms with Crippen molar-refractivity contribution >= 4 is 23.3 Å². The van der Waals surface area contributed by atoms with E-state index in [1.54, 1.807) is 24.1 Å². The molecule has 9 nitrogen and oxygen atoms in total. The lowest BCUT2D eigenvalue weighted by Gasteiger charge is -2.02. The first-order chi connectivity index (χ1) is 9.95. The molecule has 1 N–H and O–H groups in total. The lowest BCUT2D eigenvalue weighted by Crippen LogP contribution is -2.23. The summed E-state index contributed by atoms with van der Waals surface area (Å²) in [5, 5.41) is 21.0. The molecule has 0 unspecified atom stereocenters. The van der Waals surface area contributed by atoms with Gasteiger partial charge < -0.3 is 15.4 Å². The van der Waals surface area contributed by atoms with Gasteiger partial charge in [0.15, 0.2) is 5.02 Å². The summed E-state index contributed by atoms with van der Waals surface area (Å²) in [6.07, 6.45) is 4.94. The molecule has 0 radical (unpaired) electrons. The molecule has 0 aliphatic carbocycles. The van der Waals surface area contributed by atoms with E-state index in [0.717, 1.165) is 5.56 Å². The molecule has 21 heavy (non-hydrogen) atoms. The lowest BCUT2D eigenvalue weighted by molar-refractivity contribution is -0.389. The molecular weight excluding hydrogens is 300 g/mol. The second-order valence-corrected chi connectivity index (χ2v) is 4.78. The van der Waals surface area contributed by atoms with Crippen LogP contribution in [0.25, 0.3) is 0 Å². The number of amides is 1. The largest absolute Gasteiger partial charge is 0.408 e. The molecule has 0 atom stereocenters. The minimum absolute atomic E-state index is 0.0456. The van der Waals surface area contributed by atoms with E-state index in [2.05, 4.69) is 15.5 Å². The summed E-state index contributed by atoms with van der Waals surface area (Å²) in [5.41, 5.74) is 0.892. The Balaban J connectivity index is 1.81. The summed E-state index contributed by atoms with van der Waals surface area (Å²) in [5.74, 6) is -0.597. The van der Waals surface area contributed by atoms with Gasteiger partial charge in [-0.3, -0.25) is 9.48 Å². The molecule has 1 amide bonds. The number of nitro groups is 1. The van der Waals surface area contributed by atoms with Crippen LogP contribution in [-0.4, -0.2) is 30.4 Å². The highest BCUT2D eigenvalue weighted by Crippen LogP contribution is 2.21. The number of rotatable bonds is 6. The van der Waals surface area contributed by atoms with Gasteiger partial charge in [-0.2, -0.15) is 9.78 Å². The highest BCUT2D eigenvalue weighted by Gasteiger charge is 2.19. The summed E-state index contributed by atoms with van der Waals surface area (Å²) in [6, 6.07) is 0. The van der Waals surface area contributed by atoms with Crippen LogP contribution in [0.2, 0.25) is 5.02 Å². The maximum absolute atomic E-state index is 11.7. The molecule has 10 heteroatoms. The maximum Gasteiger partial charge on any atom is 0.408 e. The van der Waals surface area contributed by atoms with E-state index in [9.17, 15) is 14.9 Å². The number of nitrogens with zero attached hydrogens (tertiary/aromatic N) is 5. The van der Waals surface area contributed by atoms with Crippen molar-refractivity contribution in [2.45, 2.75) is 19.5 Å². The van der Waals surface area contributed by atoms with Crippen molar-refractivity contribution in [3.05, 3.63) is 39.3 Å². The number of aromatic nitrogens is 4. The Labute approximate surface area is 124 Å². The van der Waals surface area contributed by atoms with Crippen LogP contribution in [0.1, 0.15) is 12.0 Å². The zero-order valence-corrected chi connectivity index (χ0v) is 11.9. The van der Waals surface area contributed by atoms with E-state index in [1.807, 2.05) is 0 Å². The van der Waals surface area contributed by atoms with Crippen molar-refractivity contribution in [3.63, 3.8) is 0 Å². The van der Waals surface area contributed by atoms with Crippen molar-refractivity contribution in [3.8, 4) is 0 Å². The normalized spacial score (nSPS) is 10.6. The van der Waals surface area contributed by atoms with Crippen LogP contribution in [-0.2, 0) is 24.9 Å². The fourth-order valence-electron chi connectivity index (χ4n) is 1.69. The van der Waals surface area contributed by atoms with Gasteiger partial charge in [-0.05, 0) is 4.92 Å². The maximum atomic E-state index is 11.7. The minimum Gasteiger partial charge on any atom is -0.358 e. The topological polar surface area (TPSA) is 108 Å². The Bertz CT molecular complexity index is 665. The zero-order chi connectivity index (χ0) is 15.4. The van der Waals surface area contributed by atoms with Gasteiger partial charge in [0.1, 0.15) is 0 Å². The van der Waals surface area contributed by atoms with Crippen molar-refractivity contribution < 1.29 is 9.72 Å². The summed E-state index contributed by atoms with van der Waals surface area (Å²) in [7, 11) is 1.79. The lowest BCUT2D eigenvalue weighted by atomic mass is 10.3. The van der Waals surface area contributed by atoms with Crippen LogP contribution in [0.4, 0.5) is 5.82 Å². The van der Waals surface area contributed by atoms with Crippen LogP contribution in [0.3, 0.4) is 0 Å². The molecular formula is C11H13ClN6O3. The first-order valence-corrected chi connectivity index (χ1v) is 6.45. The quantitative estimate of drug-likeness (QED) is 0.629. The highest BCUT2D eigenvalue weighted by molar-refractivity contribution is 6.32. The van der Waals surface area contributed by atoms with Gasteiger partial charge in [0.25, 0.3) is 0 Å². The minimum atomic E-state index is -0.665. The number of hydrogen-bond donors (Lipinski definition) is 1. The standard InChI is InChI=1S/C11H13ClN6O3/c1-16-6-8(5-14-16)4-13-10(19)2-3-17-7-9(12)11(15-17)18(20)21/h5-7H,2-4H2,1H3,(H,13,19). The number of carbonyl (C=O) groups is 1. The zero-order valence-electron chi connectivity index (χ0n) is 11.2.